The van der Waals surface area contributed by atoms with E-state index in [-0.39, 0.29) is 49.4 Å². The normalized spacial score (nSPS) is 13.7. The van der Waals surface area contributed by atoms with Gasteiger partial charge in [0.2, 0.25) is 11.7 Å². The highest BCUT2D eigenvalue weighted by Crippen LogP contribution is 2.36. The van der Waals surface area contributed by atoms with Crippen molar-refractivity contribution in [2.45, 2.75) is 82.1 Å². The predicted octanol–water partition coefficient (Wildman–Crippen LogP) is 11.3. The summed E-state index contributed by atoms with van der Waals surface area (Å²) < 4.78 is 84.8. The van der Waals surface area contributed by atoms with Crippen molar-refractivity contribution in [3.05, 3.63) is 160 Å². The minimum Gasteiger partial charge on any atom is -0.488 e. The number of carbonyl (C=O) groups is 2. The van der Waals surface area contributed by atoms with E-state index in [1.54, 1.807) is 19.1 Å². The van der Waals surface area contributed by atoms with Gasteiger partial charge >= 0.3 is 5.97 Å². The topological polar surface area (TPSA) is 59.1 Å². The van der Waals surface area contributed by atoms with Gasteiger partial charge in [-0.1, -0.05) is 111 Å². The highest BCUT2D eigenvalue weighted by Gasteiger charge is 2.33. The second kappa shape index (κ2) is 19.3. The Morgan fingerprint density at radius 2 is 1.30 bits per heavy atom. The smallest absolute Gasteiger partial charge is 0.342 e. The second-order valence-electron chi connectivity index (χ2n) is 14.0. The van der Waals surface area contributed by atoms with Gasteiger partial charge in [0.15, 0.2) is 23.3 Å². The van der Waals surface area contributed by atoms with Crippen LogP contribution < -0.4 is 9.64 Å². The summed E-state index contributed by atoms with van der Waals surface area (Å²) in [4.78, 5) is 28.6. The predicted molar refractivity (Wildman–Crippen MR) is 210 cm³/mol. The van der Waals surface area contributed by atoms with E-state index in [1.165, 1.54) is 47.1 Å². The Balaban J connectivity index is 1.35. The minimum atomic E-state index is -2.27. The van der Waals surface area contributed by atoms with Crippen LogP contribution >= 0.6 is 11.9 Å². The third-order valence-corrected chi connectivity index (χ3v) is 11.2. The van der Waals surface area contributed by atoms with Crippen molar-refractivity contribution >= 4 is 29.5 Å². The van der Waals surface area contributed by atoms with Crippen LogP contribution in [0, 0.1) is 29.1 Å². The first kappa shape index (κ1) is 41.4. The first-order valence-corrected chi connectivity index (χ1v) is 19.7. The summed E-state index contributed by atoms with van der Waals surface area (Å²) in [5.41, 5.74) is 4.09. The molecular formula is C45H43F5N2O4S. The monoisotopic (exact) mass is 802 g/mol. The number of hydrogen-bond donors (Lipinski definition) is 0. The molecular weight excluding hydrogens is 760 g/mol. The Hall–Kier alpha value is -5.20. The maximum Gasteiger partial charge on any atom is 0.342 e. The lowest BCUT2D eigenvalue weighted by Crippen LogP contribution is -2.45. The van der Waals surface area contributed by atoms with Crippen LogP contribution in [0.4, 0.5) is 27.6 Å². The molecule has 0 saturated heterocycles. The van der Waals surface area contributed by atoms with E-state index in [9.17, 15) is 31.5 Å². The first-order chi connectivity index (χ1) is 27.5. The van der Waals surface area contributed by atoms with Gasteiger partial charge in [-0.25, -0.2) is 31.1 Å². The molecule has 0 aromatic heterocycles. The Kier molecular flexibility index (Phi) is 14.0. The molecule has 0 spiro atoms. The Morgan fingerprint density at radius 1 is 0.719 bits per heavy atom. The molecule has 0 N–H and O–H groups in total. The number of amides is 1. The van der Waals surface area contributed by atoms with Crippen LogP contribution in [-0.2, 0) is 29.3 Å². The van der Waals surface area contributed by atoms with E-state index < -0.39 is 51.9 Å². The summed E-state index contributed by atoms with van der Waals surface area (Å²) in [5.74, 6) is -11.0. The Morgan fingerprint density at radius 3 is 1.89 bits per heavy atom. The van der Waals surface area contributed by atoms with Gasteiger partial charge in [-0.2, -0.15) is 0 Å². The van der Waals surface area contributed by atoms with Crippen LogP contribution in [0.2, 0.25) is 0 Å². The molecule has 1 saturated carbocycles. The van der Waals surface area contributed by atoms with Crippen molar-refractivity contribution in [3.8, 4) is 5.75 Å². The molecule has 57 heavy (non-hydrogen) atoms. The number of anilines is 1. The molecule has 0 heterocycles. The zero-order valence-corrected chi connectivity index (χ0v) is 32.5. The van der Waals surface area contributed by atoms with Crippen LogP contribution in [-0.4, -0.2) is 29.3 Å². The molecule has 5 aromatic carbocycles. The van der Waals surface area contributed by atoms with E-state index in [2.05, 4.69) is 12.1 Å². The van der Waals surface area contributed by atoms with Gasteiger partial charge in [0.25, 0.3) is 0 Å². The lowest BCUT2D eigenvalue weighted by Gasteiger charge is -2.32. The molecule has 298 valence electrons. The Labute approximate surface area is 333 Å². The summed E-state index contributed by atoms with van der Waals surface area (Å²) in [6.45, 7) is 1.84. The molecule has 0 aliphatic heterocycles. The van der Waals surface area contributed by atoms with E-state index in [4.69, 9.17) is 9.47 Å². The molecule has 1 fully saturated rings. The molecule has 1 unspecified atom stereocenters. The van der Waals surface area contributed by atoms with E-state index >= 15 is 0 Å². The number of esters is 1. The van der Waals surface area contributed by atoms with Crippen molar-refractivity contribution in [1.29, 1.82) is 0 Å². The van der Waals surface area contributed by atoms with Crippen molar-refractivity contribution in [2.24, 2.45) is 0 Å². The average Bonchev–Trinajstić information content (AvgIpc) is 3.25. The molecule has 6 nitrogen and oxygen atoms in total. The minimum absolute atomic E-state index is 0.0201. The van der Waals surface area contributed by atoms with Gasteiger partial charge in [-0.3, -0.25) is 4.79 Å². The van der Waals surface area contributed by atoms with Crippen LogP contribution in [0.1, 0.15) is 84.0 Å². The van der Waals surface area contributed by atoms with Crippen LogP contribution in [0.15, 0.2) is 108 Å². The van der Waals surface area contributed by atoms with Crippen LogP contribution in [0.5, 0.6) is 5.75 Å². The molecule has 1 amide bonds. The molecule has 5 aromatic rings. The molecule has 0 bridgehead atoms. The van der Waals surface area contributed by atoms with Crippen molar-refractivity contribution < 1.29 is 41.0 Å². The molecule has 1 aliphatic carbocycles. The van der Waals surface area contributed by atoms with Crippen molar-refractivity contribution in [2.75, 3.05) is 11.9 Å². The van der Waals surface area contributed by atoms with E-state index in [1.807, 2.05) is 72.8 Å². The summed E-state index contributed by atoms with van der Waals surface area (Å²) in [6, 6.07) is 30.1. The SMILES string of the molecule is CCC(C(=O)N(Cc1ccc(C2CCCCC2)cc1)c1ccc(C(=O)OCc2ccccc2)c(OCc2ccccc2)c1)N(C)Sc1c(F)c(F)c(F)c(F)c1F. The summed E-state index contributed by atoms with van der Waals surface area (Å²) in [6.07, 6.45) is 5.91. The number of ether oxygens (including phenoxy) is 2. The number of hydrogen-bond acceptors (Lipinski definition) is 6. The van der Waals surface area contributed by atoms with Gasteiger partial charge < -0.3 is 14.4 Å². The standard InChI is InChI=1S/C45H43F5N2O4S/c1-3-36(51(2)57-43-41(49)39(47)38(46)40(48)42(43)50)44(53)52(26-29-19-21-33(22-20-29)32-17-11-6-12-18-32)34-23-24-35(45(54)56-28-31-15-9-5-10-16-31)37(25-34)55-27-30-13-7-4-8-14-30/h4-5,7-10,13-16,19-25,32,36H,3,6,11-12,17-18,26-28H2,1-2H3. The lowest BCUT2D eigenvalue weighted by molar-refractivity contribution is -0.122. The maximum atomic E-state index is 14.8. The zero-order valence-electron chi connectivity index (χ0n) is 31.7. The number of likely N-dealkylation sites (N-methyl/N-ethyl adjacent to an activating group) is 1. The first-order valence-electron chi connectivity index (χ1n) is 18.9. The van der Waals surface area contributed by atoms with E-state index in [0.717, 1.165) is 29.5 Å². The largest absolute Gasteiger partial charge is 0.488 e. The van der Waals surface area contributed by atoms with Gasteiger partial charge in [0, 0.05) is 11.8 Å². The summed E-state index contributed by atoms with van der Waals surface area (Å²) in [5, 5.41) is 0. The number of nitrogens with zero attached hydrogens (tertiary/aromatic N) is 2. The molecule has 1 atom stereocenters. The number of carbonyl (C=O) groups excluding carboxylic acids is 2. The quantitative estimate of drug-likeness (QED) is 0.0345. The molecule has 6 rings (SSSR count). The maximum absolute atomic E-state index is 14.8. The zero-order chi connectivity index (χ0) is 40.5. The van der Waals surface area contributed by atoms with Gasteiger partial charge in [-0.15, -0.1) is 0 Å². The second-order valence-corrected chi connectivity index (χ2v) is 15.1. The highest BCUT2D eigenvalue weighted by atomic mass is 32.2. The fraction of sp³-hybridized carbons (Fsp3) is 0.289. The molecule has 12 heteroatoms. The summed E-state index contributed by atoms with van der Waals surface area (Å²) in [7, 11) is 1.35. The average molecular weight is 803 g/mol. The summed E-state index contributed by atoms with van der Waals surface area (Å²) >= 11 is 0.254. The molecule has 1 aliphatic rings. The lowest BCUT2D eigenvalue weighted by atomic mass is 9.84. The van der Waals surface area contributed by atoms with Gasteiger partial charge in [0.1, 0.15) is 29.4 Å². The van der Waals surface area contributed by atoms with Gasteiger partial charge in [0.05, 0.1) is 12.6 Å². The third-order valence-electron chi connectivity index (χ3n) is 10.1. The number of rotatable bonds is 15. The fourth-order valence-electron chi connectivity index (χ4n) is 6.95. The van der Waals surface area contributed by atoms with Crippen LogP contribution in [0.3, 0.4) is 0 Å². The van der Waals surface area contributed by atoms with Crippen molar-refractivity contribution in [1.82, 2.24) is 4.31 Å². The fourth-order valence-corrected chi connectivity index (χ4v) is 7.95. The van der Waals surface area contributed by atoms with Crippen molar-refractivity contribution in [3.63, 3.8) is 0 Å². The number of halogens is 5. The van der Waals surface area contributed by atoms with Crippen LogP contribution in [0.25, 0.3) is 0 Å². The molecule has 0 radical (unpaired) electrons. The highest BCUT2D eigenvalue weighted by molar-refractivity contribution is 7.97. The Bertz CT molecular complexity index is 2120. The van der Waals surface area contributed by atoms with Gasteiger partial charge in [-0.05, 0) is 78.6 Å². The number of benzene rings is 5. The third kappa shape index (κ3) is 10.0. The van der Waals surface area contributed by atoms with E-state index in [0.29, 0.717) is 11.6 Å².